The average Bonchev–Trinajstić information content (AvgIpc) is 3.66. The molecule has 0 bridgehead atoms. The van der Waals surface area contributed by atoms with Gasteiger partial charge < -0.3 is 24.8 Å². The number of methoxy groups -OCH3 is 1. The normalized spacial score (nSPS) is 16.3. The molecule has 244 valence electrons. The Bertz CT molecular complexity index is 1840. The Morgan fingerprint density at radius 2 is 1.89 bits per heavy atom. The van der Waals surface area contributed by atoms with Gasteiger partial charge in [0.15, 0.2) is 0 Å². The molecule has 1 fully saturated rings. The number of nitrogens with one attached hydrogen (secondary N) is 3. The highest BCUT2D eigenvalue weighted by Crippen LogP contribution is 2.37. The van der Waals surface area contributed by atoms with Crippen molar-refractivity contribution in [3.63, 3.8) is 0 Å². The number of aryl methyl sites for hydroxylation is 1. The summed E-state index contributed by atoms with van der Waals surface area (Å²) in [7, 11) is 1.48. The first-order valence-electron chi connectivity index (χ1n) is 15.4. The van der Waals surface area contributed by atoms with Crippen LogP contribution < -0.4 is 20.9 Å². The van der Waals surface area contributed by atoms with Crippen molar-refractivity contribution < 1.29 is 22.7 Å². The van der Waals surface area contributed by atoms with E-state index in [4.69, 9.17) is 4.74 Å². The van der Waals surface area contributed by atoms with Crippen LogP contribution in [0.1, 0.15) is 51.4 Å². The van der Waals surface area contributed by atoms with E-state index in [9.17, 15) is 22.8 Å². The average molecular weight is 638 g/mol. The number of aromatic amines is 1. The van der Waals surface area contributed by atoms with E-state index in [1.807, 2.05) is 38.2 Å². The highest BCUT2D eigenvalue weighted by Gasteiger charge is 2.34. The number of halogens is 3. The number of H-pyrrole nitrogens is 1. The molecule has 6 heterocycles. The molecule has 1 saturated heterocycles. The van der Waals surface area contributed by atoms with Crippen LogP contribution >= 0.6 is 0 Å². The van der Waals surface area contributed by atoms with Crippen LogP contribution in [0.4, 0.5) is 19.0 Å². The molecule has 0 aliphatic carbocycles. The zero-order chi connectivity index (χ0) is 32.7. The topological polar surface area (TPSA) is 107 Å². The summed E-state index contributed by atoms with van der Waals surface area (Å²) in [6.45, 7) is 7.04. The predicted molar refractivity (Wildman–Crippen MR) is 170 cm³/mol. The minimum atomic E-state index is -4.24. The van der Waals surface area contributed by atoms with Crippen molar-refractivity contribution in [2.24, 2.45) is 0 Å². The molecule has 2 aliphatic heterocycles. The van der Waals surface area contributed by atoms with Gasteiger partial charge in [0.1, 0.15) is 11.6 Å². The van der Waals surface area contributed by atoms with E-state index in [0.717, 1.165) is 52.2 Å². The third-order valence-electron chi connectivity index (χ3n) is 9.14. The minimum Gasteiger partial charge on any atom is -0.496 e. The quantitative estimate of drug-likeness (QED) is 0.262. The van der Waals surface area contributed by atoms with Crippen LogP contribution in [0, 0.1) is 13.8 Å². The summed E-state index contributed by atoms with van der Waals surface area (Å²) in [6.07, 6.45) is 0.356. The van der Waals surface area contributed by atoms with Crippen LogP contribution in [-0.4, -0.2) is 82.6 Å². The van der Waals surface area contributed by atoms with Gasteiger partial charge in [0.05, 0.1) is 31.3 Å². The van der Waals surface area contributed by atoms with Gasteiger partial charge in [-0.1, -0.05) is 0 Å². The van der Waals surface area contributed by atoms with Gasteiger partial charge in [0.2, 0.25) is 0 Å². The van der Waals surface area contributed by atoms with Gasteiger partial charge >= 0.3 is 6.18 Å². The number of alkyl halides is 3. The van der Waals surface area contributed by atoms with Gasteiger partial charge in [0, 0.05) is 79.2 Å². The second kappa shape index (κ2) is 12.4. The minimum absolute atomic E-state index is 0.0360. The summed E-state index contributed by atoms with van der Waals surface area (Å²) in [5, 5.41) is 6.25. The predicted octanol–water partition coefficient (Wildman–Crippen LogP) is 4.45. The highest BCUT2D eigenvalue weighted by molar-refractivity contribution is 5.99. The van der Waals surface area contributed by atoms with Crippen molar-refractivity contribution in [3.8, 4) is 16.9 Å². The van der Waals surface area contributed by atoms with Crippen molar-refractivity contribution in [1.29, 1.82) is 0 Å². The fourth-order valence-corrected chi connectivity index (χ4v) is 6.83. The Kier molecular flexibility index (Phi) is 8.55. The lowest BCUT2D eigenvalue weighted by Crippen LogP contribution is -2.49. The Balaban J connectivity index is 1.39. The van der Waals surface area contributed by atoms with E-state index in [1.54, 1.807) is 19.2 Å². The standard InChI is InChI=1S/C33H38F3N7O3/c1-19-15-28(46-4)26(32(45)40-19)17-39-31(44)25-16-27-23(22-5-8-37-30-24(22)6-9-38-30)7-10-43(27)29(20(25)2)21(3)42-13-11-41(12-14-42)18-33(34,35)36/h5,7-8,10,15-16,21H,6,9,11-14,17-18H2,1-4H3,(H,37,38)(H,39,44)(H,40,45)/t21-/m0/s1. The fourth-order valence-electron chi connectivity index (χ4n) is 6.83. The molecule has 4 aromatic heterocycles. The summed E-state index contributed by atoms with van der Waals surface area (Å²) in [5.74, 6) is 0.894. The largest absolute Gasteiger partial charge is 0.496 e. The Hall–Kier alpha value is -4.36. The molecule has 4 aromatic rings. The van der Waals surface area contributed by atoms with E-state index >= 15 is 0 Å². The maximum atomic E-state index is 13.9. The third-order valence-corrected chi connectivity index (χ3v) is 9.14. The Morgan fingerprint density at radius 3 is 2.61 bits per heavy atom. The van der Waals surface area contributed by atoms with Crippen LogP contribution in [0.15, 0.2) is 41.5 Å². The molecule has 0 aromatic carbocycles. The molecule has 1 amide bonds. The molecule has 2 aliphatic rings. The number of anilines is 1. The lowest BCUT2D eigenvalue weighted by Gasteiger charge is -2.39. The van der Waals surface area contributed by atoms with Crippen molar-refractivity contribution in [1.82, 2.24) is 29.5 Å². The molecule has 0 radical (unpaired) electrons. The molecule has 0 spiro atoms. The molecular formula is C33H38F3N7O3. The van der Waals surface area contributed by atoms with E-state index in [-0.39, 0.29) is 24.1 Å². The van der Waals surface area contributed by atoms with Crippen LogP contribution in [0.2, 0.25) is 0 Å². The zero-order valence-electron chi connectivity index (χ0n) is 26.3. The lowest BCUT2D eigenvalue weighted by molar-refractivity contribution is -0.149. The van der Waals surface area contributed by atoms with Crippen LogP contribution in [0.25, 0.3) is 16.6 Å². The van der Waals surface area contributed by atoms with Crippen LogP contribution in [0.3, 0.4) is 0 Å². The number of nitrogens with zero attached hydrogens (tertiary/aromatic N) is 4. The number of pyridine rings is 3. The summed E-state index contributed by atoms with van der Waals surface area (Å²) in [6, 6.07) is 7.42. The van der Waals surface area contributed by atoms with Gasteiger partial charge in [-0.2, -0.15) is 13.2 Å². The first kappa shape index (κ1) is 31.6. The van der Waals surface area contributed by atoms with Crippen LogP contribution in [-0.2, 0) is 13.0 Å². The molecular weight excluding hydrogens is 599 g/mol. The van der Waals surface area contributed by atoms with E-state index in [1.165, 1.54) is 12.0 Å². The maximum Gasteiger partial charge on any atom is 0.401 e. The summed E-state index contributed by atoms with van der Waals surface area (Å²) in [4.78, 5) is 37.5. The molecule has 1 atom stereocenters. The number of amides is 1. The molecule has 46 heavy (non-hydrogen) atoms. The number of hydrogen-bond donors (Lipinski definition) is 3. The second-order valence-corrected chi connectivity index (χ2v) is 12.0. The lowest BCUT2D eigenvalue weighted by atomic mass is 9.97. The molecule has 13 heteroatoms. The number of rotatable bonds is 8. The number of ether oxygens (including phenoxy) is 1. The van der Waals surface area contributed by atoms with Crippen molar-refractivity contribution in [2.75, 3.05) is 51.7 Å². The first-order chi connectivity index (χ1) is 21.9. The van der Waals surface area contributed by atoms with Crippen molar-refractivity contribution in [3.05, 3.63) is 80.7 Å². The van der Waals surface area contributed by atoms with Crippen LogP contribution in [0.5, 0.6) is 5.75 Å². The van der Waals surface area contributed by atoms with Gasteiger partial charge in [-0.3, -0.25) is 19.4 Å². The zero-order valence-corrected chi connectivity index (χ0v) is 26.3. The monoisotopic (exact) mass is 637 g/mol. The summed E-state index contributed by atoms with van der Waals surface area (Å²) >= 11 is 0. The van der Waals surface area contributed by atoms with E-state index < -0.39 is 12.7 Å². The van der Waals surface area contributed by atoms with E-state index in [2.05, 4.69) is 29.9 Å². The van der Waals surface area contributed by atoms with Gasteiger partial charge in [-0.15, -0.1) is 0 Å². The highest BCUT2D eigenvalue weighted by atomic mass is 19.4. The Morgan fingerprint density at radius 1 is 1.13 bits per heavy atom. The summed E-state index contributed by atoms with van der Waals surface area (Å²) in [5.41, 5.74) is 6.65. The first-order valence-corrected chi connectivity index (χ1v) is 15.4. The number of carbonyl (C=O) groups excluding carboxylic acids is 1. The number of carbonyl (C=O) groups is 1. The number of aromatic nitrogens is 3. The van der Waals surface area contributed by atoms with Gasteiger partial charge in [-0.25, -0.2) is 4.98 Å². The Labute approximate surface area is 264 Å². The van der Waals surface area contributed by atoms with Crippen molar-refractivity contribution in [2.45, 2.75) is 46.0 Å². The maximum absolute atomic E-state index is 13.9. The fraction of sp³-hybridized carbons (Fsp3) is 0.424. The molecule has 10 nitrogen and oxygen atoms in total. The molecule has 6 rings (SSSR count). The van der Waals surface area contributed by atoms with Gasteiger partial charge in [0.25, 0.3) is 11.5 Å². The number of piperazine rings is 1. The summed E-state index contributed by atoms with van der Waals surface area (Å²) < 4.78 is 46.7. The van der Waals surface area contributed by atoms with E-state index in [0.29, 0.717) is 48.7 Å². The number of hydrogen-bond acceptors (Lipinski definition) is 7. The molecule has 3 N–H and O–H groups in total. The number of fused-ring (bicyclic) bond motifs is 2. The van der Waals surface area contributed by atoms with Gasteiger partial charge in [-0.05, 0) is 62.6 Å². The second-order valence-electron chi connectivity index (χ2n) is 12.0. The smallest absolute Gasteiger partial charge is 0.401 e. The third kappa shape index (κ3) is 6.08. The molecule has 0 saturated carbocycles. The SMILES string of the molecule is COc1cc(C)[nH]c(=O)c1CNC(=O)c1cc2c(-c3ccnc4c3CCN4)ccn2c([C@H](C)N2CCN(CC(F)(F)F)CC2)c1C. The van der Waals surface area contributed by atoms with Crippen molar-refractivity contribution >= 4 is 17.2 Å². The molecule has 0 unspecified atom stereocenters.